The molecule has 0 aliphatic carbocycles. The quantitative estimate of drug-likeness (QED) is 0.0504. The summed E-state index contributed by atoms with van der Waals surface area (Å²) in [6.07, 6.45) is 6.73. The first-order valence-corrected chi connectivity index (χ1v) is 22.3. The summed E-state index contributed by atoms with van der Waals surface area (Å²) in [6.45, 7) is 1.11. The molecule has 4 aromatic carbocycles. The van der Waals surface area contributed by atoms with Gasteiger partial charge in [-0.3, -0.25) is 38.9 Å². The SMILES string of the molecule is O=C1CCC(N2Cc3cc(C(=O)NCCCCCCCCCNC(=O)c4cc(NC(=O)c5csc6ccccc56)c5c(c4)C(=O)NC5c4cc(F)ccc4Cl)ccc3C2=O)C(=O)N1. The summed E-state index contributed by atoms with van der Waals surface area (Å²) in [7, 11) is 0. The van der Waals surface area contributed by atoms with E-state index in [9.17, 15) is 38.0 Å². The van der Waals surface area contributed by atoms with Gasteiger partial charge in [-0.15, -0.1) is 11.3 Å². The number of imide groups is 1. The molecule has 0 saturated carbocycles. The molecule has 2 atom stereocenters. The van der Waals surface area contributed by atoms with Crippen LogP contribution in [0, 0.1) is 5.82 Å². The zero-order chi connectivity index (χ0) is 44.2. The highest BCUT2D eigenvalue weighted by atomic mass is 35.5. The largest absolute Gasteiger partial charge is 0.352 e. The van der Waals surface area contributed by atoms with Gasteiger partial charge in [-0.05, 0) is 79.4 Å². The Morgan fingerprint density at radius 2 is 1.51 bits per heavy atom. The molecule has 1 saturated heterocycles. The zero-order valence-electron chi connectivity index (χ0n) is 34.1. The first-order valence-electron chi connectivity index (χ1n) is 21.0. The van der Waals surface area contributed by atoms with Crippen LogP contribution in [0.4, 0.5) is 10.1 Å². The lowest BCUT2D eigenvalue weighted by Crippen LogP contribution is -2.52. The monoisotopic (exact) mass is 890 g/mol. The Bertz CT molecular complexity index is 2690. The highest BCUT2D eigenvalue weighted by Gasteiger charge is 2.39. The number of hydrogen-bond donors (Lipinski definition) is 5. The van der Waals surface area contributed by atoms with Gasteiger partial charge in [0.25, 0.3) is 29.5 Å². The average Bonchev–Trinajstić information content (AvgIpc) is 3.96. The number of nitrogens with zero attached hydrogens (tertiary/aromatic N) is 1. The number of carbonyl (C=O) groups excluding carboxylic acids is 7. The van der Waals surface area contributed by atoms with Crippen LogP contribution in [0.3, 0.4) is 0 Å². The topological polar surface area (TPSA) is 183 Å². The molecule has 63 heavy (non-hydrogen) atoms. The van der Waals surface area contributed by atoms with Crippen molar-refractivity contribution >= 4 is 80.1 Å². The van der Waals surface area contributed by atoms with Gasteiger partial charge in [-0.25, -0.2) is 4.39 Å². The number of fused-ring (bicyclic) bond motifs is 3. The number of halogens is 2. The second-order valence-electron chi connectivity index (χ2n) is 15.9. The summed E-state index contributed by atoms with van der Waals surface area (Å²) >= 11 is 7.90. The van der Waals surface area contributed by atoms with Crippen molar-refractivity contribution in [1.82, 2.24) is 26.2 Å². The van der Waals surface area contributed by atoms with Gasteiger partial charge in [0.1, 0.15) is 11.9 Å². The van der Waals surface area contributed by atoms with Crippen LogP contribution in [0.2, 0.25) is 5.02 Å². The van der Waals surface area contributed by atoms with E-state index in [0.717, 1.165) is 55.0 Å². The van der Waals surface area contributed by atoms with E-state index in [1.165, 1.54) is 46.6 Å². The molecule has 7 amide bonds. The Labute approximate surface area is 371 Å². The van der Waals surface area contributed by atoms with Crippen molar-refractivity contribution in [3.05, 3.63) is 134 Å². The first kappa shape index (κ1) is 43.2. The number of piperidine rings is 1. The predicted octanol–water partition coefficient (Wildman–Crippen LogP) is 7.43. The highest BCUT2D eigenvalue weighted by molar-refractivity contribution is 7.17. The Morgan fingerprint density at radius 3 is 2.25 bits per heavy atom. The van der Waals surface area contributed by atoms with E-state index in [4.69, 9.17) is 11.6 Å². The van der Waals surface area contributed by atoms with E-state index >= 15 is 0 Å². The first-order chi connectivity index (χ1) is 30.5. The van der Waals surface area contributed by atoms with E-state index in [-0.39, 0.29) is 58.9 Å². The van der Waals surface area contributed by atoms with Crippen LogP contribution in [-0.2, 0) is 16.1 Å². The molecular weight excluding hydrogens is 847 g/mol. The molecule has 5 aromatic rings. The molecule has 16 heteroatoms. The van der Waals surface area contributed by atoms with E-state index in [1.807, 2.05) is 24.3 Å². The fraction of sp³-hybridized carbons (Fsp3) is 0.298. The van der Waals surface area contributed by atoms with Crippen LogP contribution >= 0.6 is 22.9 Å². The number of hydrogen-bond acceptors (Lipinski definition) is 8. The summed E-state index contributed by atoms with van der Waals surface area (Å²) in [5.74, 6) is -3.19. The molecule has 3 aliphatic heterocycles. The lowest BCUT2D eigenvalue weighted by atomic mass is 9.94. The van der Waals surface area contributed by atoms with Crippen LogP contribution in [0.5, 0.6) is 0 Å². The van der Waals surface area contributed by atoms with Gasteiger partial charge < -0.3 is 26.2 Å². The van der Waals surface area contributed by atoms with Crippen LogP contribution in [0.1, 0.15) is 132 Å². The molecule has 1 aromatic heterocycles. The lowest BCUT2D eigenvalue weighted by Gasteiger charge is -2.29. The number of nitrogens with one attached hydrogen (secondary N) is 5. The Kier molecular flexibility index (Phi) is 13.0. The van der Waals surface area contributed by atoms with Crippen LogP contribution < -0.4 is 26.6 Å². The smallest absolute Gasteiger partial charge is 0.257 e. The number of rotatable bonds is 16. The molecule has 0 spiro atoms. The van der Waals surface area contributed by atoms with E-state index in [2.05, 4.69) is 26.6 Å². The number of amides is 7. The molecule has 0 radical (unpaired) electrons. The highest BCUT2D eigenvalue weighted by Crippen LogP contribution is 2.41. The van der Waals surface area contributed by atoms with Crippen molar-refractivity contribution in [1.29, 1.82) is 0 Å². The summed E-state index contributed by atoms with van der Waals surface area (Å²) in [6, 6.07) is 17.7. The molecule has 2 unspecified atom stereocenters. The van der Waals surface area contributed by atoms with Crippen molar-refractivity contribution in [3.63, 3.8) is 0 Å². The number of anilines is 1. The molecule has 0 bridgehead atoms. The van der Waals surface area contributed by atoms with Crippen LogP contribution in [-0.4, -0.2) is 65.4 Å². The molecule has 5 N–H and O–H groups in total. The van der Waals surface area contributed by atoms with Crippen molar-refractivity contribution < 1.29 is 38.0 Å². The fourth-order valence-electron chi connectivity index (χ4n) is 8.44. The second kappa shape index (κ2) is 18.9. The molecule has 4 heterocycles. The Morgan fingerprint density at radius 1 is 0.794 bits per heavy atom. The van der Waals surface area contributed by atoms with E-state index in [0.29, 0.717) is 46.5 Å². The summed E-state index contributed by atoms with van der Waals surface area (Å²) in [5, 5.41) is 16.7. The van der Waals surface area contributed by atoms with Gasteiger partial charge >= 0.3 is 0 Å². The van der Waals surface area contributed by atoms with Crippen LogP contribution in [0.25, 0.3) is 10.1 Å². The maximum absolute atomic E-state index is 14.4. The van der Waals surface area contributed by atoms with Crippen molar-refractivity contribution in [2.75, 3.05) is 18.4 Å². The molecule has 8 rings (SSSR count). The van der Waals surface area contributed by atoms with E-state index in [1.54, 1.807) is 23.6 Å². The van der Waals surface area contributed by atoms with Gasteiger partial charge in [-0.1, -0.05) is 61.9 Å². The predicted molar refractivity (Wildman–Crippen MR) is 236 cm³/mol. The molecule has 3 aliphatic rings. The minimum atomic E-state index is -0.867. The van der Waals surface area contributed by atoms with Crippen molar-refractivity contribution in [3.8, 4) is 0 Å². The Balaban J connectivity index is 0.788. The average molecular weight is 891 g/mol. The standard InChI is InChI=1S/C47H44ClFN6O7S/c48-35-15-13-29(49)23-32(35)41-40-33(44(59)54-41)21-27(22-36(40)52-45(60)34-25-63-38-11-7-6-10-31(34)38)43(58)51-19-9-5-3-1-2-4-8-18-50-42(57)26-12-14-30-28(20-26)24-55(47(30)62)37-16-17-39(56)53-46(37)61/h6-7,10-15,20-23,25,37,41H,1-5,8-9,16-19,24H2,(H,50,57)(H,51,58)(H,52,60)(H,54,59)(H,53,56,61). The Hall–Kier alpha value is -6.45. The summed E-state index contributed by atoms with van der Waals surface area (Å²) in [4.78, 5) is 91.7. The van der Waals surface area contributed by atoms with Gasteiger partial charge in [0.05, 0.1) is 11.6 Å². The molecular formula is C47H44ClFN6O7S. The zero-order valence-corrected chi connectivity index (χ0v) is 35.7. The maximum Gasteiger partial charge on any atom is 0.257 e. The van der Waals surface area contributed by atoms with Gasteiger partial charge in [0.2, 0.25) is 11.8 Å². The third-order valence-electron chi connectivity index (χ3n) is 11.7. The van der Waals surface area contributed by atoms with Gasteiger partial charge in [-0.2, -0.15) is 0 Å². The fourth-order valence-corrected chi connectivity index (χ4v) is 9.61. The molecule has 324 valence electrons. The van der Waals surface area contributed by atoms with Crippen molar-refractivity contribution in [2.24, 2.45) is 0 Å². The molecule has 13 nitrogen and oxygen atoms in total. The third-order valence-corrected chi connectivity index (χ3v) is 13.0. The second-order valence-corrected chi connectivity index (χ2v) is 17.2. The number of benzene rings is 4. The summed E-state index contributed by atoms with van der Waals surface area (Å²) < 4.78 is 15.3. The van der Waals surface area contributed by atoms with Crippen LogP contribution in [0.15, 0.2) is 78.2 Å². The molecule has 1 fully saturated rings. The minimum absolute atomic E-state index is 0.173. The number of thiophene rings is 1. The third kappa shape index (κ3) is 9.35. The normalized spacial score (nSPS) is 16.7. The van der Waals surface area contributed by atoms with Gasteiger partial charge in [0, 0.05) is 85.6 Å². The summed E-state index contributed by atoms with van der Waals surface area (Å²) in [5.41, 5.74) is 3.33. The van der Waals surface area contributed by atoms with E-state index < -0.39 is 41.5 Å². The minimum Gasteiger partial charge on any atom is -0.352 e. The maximum atomic E-state index is 14.4. The lowest BCUT2D eigenvalue weighted by molar-refractivity contribution is -0.136. The number of unbranched alkanes of at least 4 members (excludes halogenated alkanes) is 6. The number of carbonyl (C=O) groups is 7. The van der Waals surface area contributed by atoms with Gasteiger partial charge in [0.15, 0.2) is 0 Å². The van der Waals surface area contributed by atoms with Crippen molar-refractivity contribution in [2.45, 2.75) is 76.4 Å².